The molecule has 2 aliphatic heterocycles. The molecular formula is C18H22N2O5. The van der Waals surface area contributed by atoms with Crippen LogP contribution in [0.3, 0.4) is 0 Å². The molecule has 0 spiro atoms. The highest BCUT2D eigenvalue weighted by Crippen LogP contribution is 2.23. The summed E-state index contributed by atoms with van der Waals surface area (Å²) in [7, 11) is 1.60. The summed E-state index contributed by atoms with van der Waals surface area (Å²) >= 11 is 0. The molecule has 1 aromatic rings. The second kappa shape index (κ2) is 7.55. The minimum atomic E-state index is -0.463. The fraction of sp³-hybridized carbons (Fsp3) is 0.500. The minimum absolute atomic E-state index is 0.0589. The molecular weight excluding hydrogens is 324 g/mol. The number of nitrogens with zero attached hydrogens (tertiary/aromatic N) is 1. The van der Waals surface area contributed by atoms with Gasteiger partial charge in [0.2, 0.25) is 11.8 Å². The van der Waals surface area contributed by atoms with E-state index in [1.165, 1.54) is 0 Å². The lowest BCUT2D eigenvalue weighted by atomic mass is 10.1. The number of esters is 1. The van der Waals surface area contributed by atoms with E-state index in [2.05, 4.69) is 5.32 Å². The van der Waals surface area contributed by atoms with Gasteiger partial charge in [0.1, 0.15) is 12.4 Å². The lowest BCUT2D eigenvalue weighted by molar-refractivity contribution is -0.150. The van der Waals surface area contributed by atoms with Gasteiger partial charge in [0.05, 0.1) is 18.9 Å². The van der Waals surface area contributed by atoms with E-state index in [-0.39, 0.29) is 30.8 Å². The predicted octanol–water partition coefficient (Wildman–Crippen LogP) is 0.723. The lowest BCUT2D eigenvalue weighted by Crippen LogP contribution is -2.28. The predicted molar refractivity (Wildman–Crippen MR) is 88.6 cm³/mol. The van der Waals surface area contributed by atoms with Gasteiger partial charge in [0.25, 0.3) is 0 Å². The first kappa shape index (κ1) is 17.3. The summed E-state index contributed by atoms with van der Waals surface area (Å²) in [6.07, 6.45) is 0.838. The van der Waals surface area contributed by atoms with Crippen molar-refractivity contribution in [2.45, 2.75) is 19.4 Å². The maximum absolute atomic E-state index is 12.2. The van der Waals surface area contributed by atoms with Crippen LogP contribution < -0.4 is 10.1 Å². The van der Waals surface area contributed by atoms with Gasteiger partial charge >= 0.3 is 5.97 Å². The van der Waals surface area contributed by atoms with E-state index in [0.717, 1.165) is 11.3 Å². The average Bonchev–Trinajstić information content (AvgIpc) is 3.19. The molecule has 0 radical (unpaired) electrons. The van der Waals surface area contributed by atoms with Crippen LogP contribution in [0.25, 0.3) is 0 Å². The van der Waals surface area contributed by atoms with Crippen LogP contribution >= 0.6 is 0 Å². The molecule has 0 bridgehead atoms. The molecule has 2 atom stereocenters. The molecule has 1 N–H and O–H groups in total. The Bertz CT molecular complexity index is 658. The highest BCUT2D eigenvalue weighted by atomic mass is 16.5. The number of nitrogens with one attached hydrogen (secondary N) is 1. The molecule has 2 saturated heterocycles. The van der Waals surface area contributed by atoms with Crippen LogP contribution in [-0.2, 0) is 25.7 Å². The number of carbonyl (C=O) groups excluding carboxylic acids is 3. The van der Waals surface area contributed by atoms with Gasteiger partial charge in [-0.1, -0.05) is 12.1 Å². The van der Waals surface area contributed by atoms with Crippen LogP contribution in [-0.4, -0.2) is 49.5 Å². The van der Waals surface area contributed by atoms with Crippen molar-refractivity contribution in [2.75, 3.05) is 26.8 Å². The zero-order valence-electron chi connectivity index (χ0n) is 14.2. The SMILES string of the molecule is COc1ccc(CN2CC(C(=O)OCC3CCNC3=O)CC2=O)cc1. The van der Waals surface area contributed by atoms with Crippen LogP contribution in [0.2, 0.25) is 0 Å². The first-order valence-electron chi connectivity index (χ1n) is 8.42. The van der Waals surface area contributed by atoms with E-state index in [4.69, 9.17) is 9.47 Å². The third-order valence-corrected chi connectivity index (χ3v) is 4.67. The van der Waals surface area contributed by atoms with Gasteiger partial charge < -0.3 is 19.7 Å². The molecule has 2 fully saturated rings. The fourth-order valence-corrected chi connectivity index (χ4v) is 3.14. The number of carbonyl (C=O) groups is 3. The summed E-state index contributed by atoms with van der Waals surface area (Å²) in [5, 5.41) is 2.71. The molecule has 1 aromatic carbocycles. The number of rotatable bonds is 6. The molecule has 2 heterocycles. The Morgan fingerprint density at radius 2 is 2.04 bits per heavy atom. The molecule has 7 heteroatoms. The van der Waals surface area contributed by atoms with Gasteiger partial charge in [-0.15, -0.1) is 0 Å². The lowest BCUT2D eigenvalue weighted by Gasteiger charge is -2.17. The summed E-state index contributed by atoms with van der Waals surface area (Å²) in [5.74, 6) is -0.501. The van der Waals surface area contributed by atoms with E-state index in [1.807, 2.05) is 24.3 Å². The summed E-state index contributed by atoms with van der Waals surface area (Å²) < 4.78 is 10.4. The van der Waals surface area contributed by atoms with Crippen molar-refractivity contribution in [3.05, 3.63) is 29.8 Å². The monoisotopic (exact) mass is 346 g/mol. The van der Waals surface area contributed by atoms with Gasteiger partial charge in [-0.3, -0.25) is 14.4 Å². The van der Waals surface area contributed by atoms with Gasteiger partial charge in [-0.05, 0) is 24.1 Å². The van der Waals surface area contributed by atoms with Crippen molar-refractivity contribution in [3.63, 3.8) is 0 Å². The number of likely N-dealkylation sites (tertiary alicyclic amines) is 1. The highest BCUT2D eigenvalue weighted by Gasteiger charge is 2.36. The molecule has 7 nitrogen and oxygen atoms in total. The number of hydrogen-bond donors (Lipinski definition) is 1. The molecule has 134 valence electrons. The van der Waals surface area contributed by atoms with Gasteiger partial charge in [0, 0.05) is 26.1 Å². The van der Waals surface area contributed by atoms with E-state index in [1.54, 1.807) is 12.0 Å². The Hall–Kier alpha value is -2.57. The van der Waals surface area contributed by atoms with Gasteiger partial charge in [0.15, 0.2) is 0 Å². The summed E-state index contributed by atoms with van der Waals surface area (Å²) in [5.41, 5.74) is 0.978. The average molecular weight is 346 g/mol. The number of benzene rings is 1. The molecule has 0 aromatic heterocycles. The van der Waals surface area contributed by atoms with E-state index < -0.39 is 11.9 Å². The largest absolute Gasteiger partial charge is 0.497 e. The van der Waals surface area contributed by atoms with Crippen LogP contribution in [0, 0.1) is 11.8 Å². The second-order valence-corrected chi connectivity index (χ2v) is 6.43. The van der Waals surface area contributed by atoms with Crippen molar-refractivity contribution < 1.29 is 23.9 Å². The zero-order valence-corrected chi connectivity index (χ0v) is 14.2. The minimum Gasteiger partial charge on any atom is -0.497 e. The number of ether oxygens (including phenoxy) is 2. The maximum atomic E-state index is 12.2. The Kier molecular flexibility index (Phi) is 5.21. The third-order valence-electron chi connectivity index (χ3n) is 4.67. The number of methoxy groups -OCH3 is 1. The molecule has 2 aliphatic rings. The molecule has 0 aliphatic carbocycles. The van der Waals surface area contributed by atoms with Crippen LogP contribution in [0.5, 0.6) is 5.75 Å². The Labute approximate surface area is 146 Å². The van der Waals surface area contributed by atoms with E-state index in [0.29, 0.717) is 26.1 Å². The summed E-state index contributed by atoms with van der Waals surface area (Å²) in [6, 6.07) is 7.48. The second-order valence-electron chi connectivity index (χ2n) is 6.43. The summed E-state index contributed by atoms with van der Waals surface area (Å²) in [6.45, 7) is 1.52. The quantitative estimate of drug-likeness (QED) is 0.768. The Balaban J connectivity index is 1.50. The van der Waals surface area contributed by atoms with Crippen LogP contribution in [0.4, 0.5) is 0 Å². The van der Waals surface area contributed by atoms with E-state index >= 15 is 0 Å². The van der Waals surface area contributed by atoms with E-state index in [9.17, 15) is 14.4 Å². The maximum Gasteiger partial charge on any atom is 0.311 e. The van der Waals surface area contributed by atoms with Gasteiger partial charge in [-0.25, -0.2) is 0 Å². The normalized spacial score (nSPS) is 22.8. The highest BCUT2D eigenvalue weighted by molar-refractivity contribution is 5.87. The fourth-order valence-electron chi connectivity index (χ4n) is 3.14. The third kappa shape index (κ3) is 4.10. The van der Waals surface area contributed by atoms with Crippen molar-refractivity contribution in [1.29, 1.82) is 0 Å². The molecule has 25 heavy (non-hydrogen) atoms. The standard InChI is InChI=1S/C18H22N2O5/c1-24-15-4-2-12(3-5-15)9-20-10-14(8-16(20)21)18(23)25-11-13-6-7-19-17(13)22/h2-5,13-14H,6-11H2,1H3,(H,19,22). The molecule has 2 amide bonds. The van der Waals surface area contributed by atoms with Crippen molar-refractivity contribution in [1.82, 2.24) is 10.2 Å². The van der Waals surface area contributed by atoms with Crippen molar-refractivity contribution >= 4 is 17.8 Å². The zero-order chi connectivity index (χ0) is 17.8. The molecule has 2 unspecified atom stereocenters. The number of hydrogen-bond acceptors (Lipinski definition) is 5. The Morgan fingerprint density at radius 3 is 2.68 bits per heavy atom. The first-order chi connectivity index (χ1) is 12.1. The molecule has 3 rings (SSSR count). The van der Waals surface area contributed by atoms with Crippen LogP contribution in [0.15, 0.2) is 24.3 Å². The summed E-state index contributed by atoms with van der Waals surface area (Å²) in [4.78, 5) is 37.5. The molecule has 0 saturated carbocycles. The van der Waals surface area contributed by atoms with Crippen LogP contribution in [0.1, 0.15) is 18.4 Å². The number of amides is 2. The Morgan fingerprint density at radius 1 is 1.28 bits per heavy atom. The topological polar surface area (TPSA) is 84.9 Å². The smallest absolute Gasteiger partial charge is 0.311 e. The van der Waals surface area contributed by atoms with Crippen molar-refractivity contribution in [3.8, 4) is 5.75 Å². The van der Waals surface area contributed by atoms with Gasteiger partial charge in [-0.2, -0.15) is 0 Å². The van der Waals surface area contributed by atoms with Crippen molar-refractivity contribution in [2.24, 2.45) is 11.8 Å². The first-order valence-corrected chi connectivity index (χ1v) is 8.42.